The molecule has 0 radical (unpaired) electrons. The Balaban J connectivity index is 1.90. The van der Waals surface area contributed by atoms with Gasteiger partial charge in [-0.05, 0) is 18.6 Å². The van der Waals surface area contributed by atoms with E-state index in [1.54, 1.807) is 0 Å². The van der Waals surface area contributed by atoms with Gasteiger partial charge in [0.2, 0.25) is 0 Å². The Morgan fingerprint density at radius 1 is 0.889 bits per heavy atom. The van der Waals surface area contributed by atoms with Gasteiger partial charge in [0.05, 0.1) is 6.54 Å². The van der Waals surface area contributed by atoms with Gasteiger partial charge in [0.15, 0.2) is 5.78 Å². The van der Waals surface area contributed by atoms with Crippen LogP contribution in [0.5, 0.6) is 0 Å². The molecular weight excluding hydrogens is 222 g/mol. The highest BCUT2D eigenvalue weighted by Gasteiger charge is 2.02. The highest BCUT2D eigenvalue weighted by Crippen LogP contribution is 2.10. The first-order chi connectivity index (χ1) is 8.83. The van der Waals surface area contributed by atoms with Gasteiger partial charge in [0, 0.05) is 18.8 Å². The van der Waals surface area contributed by atoms with Crippen molar-refractivity contribution in [2.45, 2.75) is 71.3 Å². The molecule has 0 spiro atoms. The van der Waals surface area contributed by atoms with E-state index in [1.807, 2.05) is 29.1 Å². The van der Waals surface area contributed by atoms with Crippen molar-refractivity contribution in [2.75, 3.05) is 0 Å². The number of ketones is 1. The fourth-order valence-corrected chi connectivity index (χ4v) is 2.21. The van der Waals surface area contributed by atoms with Gasteiger partial charge in [-0.2, -0.15) is 0 Å². The molecule has 0 saturated heterocycles. The second-order valence-corrected chi connectivity index (χ2v) is 5.12. The van der Waals surface area contributed by atoms with E-state index in [0.717, 1.165) is 12.8 Å². The van der Waals surface area contributed by atoms with Crippen LogP contribution in [0.15, 0.2) is 24.5 Å². The maximum atomic E-state index is 11.7. The molecule has 102 valence electrons. The Morgan fingerprint density at radius 3 is 2.06 bits per heavy atom. The molecule has 0 amide bonds. The summed E-state index contributed by atoms with van der Waals surface area (Å²) in [6, 6.07) is 3.92. The maximum Gasteiger partial charge on any atom is 0.152 e. The zero-order valence-corrected chi connectivity index (χ0v) is 11.7. The first-order valence-electron chi connectivity index (χ1n) is 7.45. The summed E-state index contributed by atoms with van der Waals surface area (Å²) >= 11 is 0. The lowest BCUT2D eigenvalue weighted by atomic mass is 10.1. The highest BCUT2D eigenvalue weighted by atomic mass is 16.1. The number of rotatable bonds is 11. The first kappa shape index (κ1) is 15.0. The minimum atomic E-state index is 0.359. The fraction of sp³-hybridized carbons (Fsp3) is 0.688. The molecule has 0 aromatic carbocycles. The maximum absolute atomic E-state index is 11.7. The van der Waals surface area contributed by atoms with Crippen molar-refractivity contribution in [1.29, 1.82) is 0 Å². The van der Waals surface area contributed by atoms with Crippen LogP contribution in [0.1, 0.15) is 64.7 Å². The lowest BCUT2D eigenvalue weighted by molar-refractivity contribution is -0.119. The summed E-state index contributed by atoms with van der Waals surface area (Å²) < 4.78 is 1.95. The topological polar surface area (TPSA) is 22.0 Å². The number of aromatic nitrogens is 1. The third-order valence-corrected chi connectivity index (χ3v) is 3.33. The van der Waals surface area contributed by atoms with E-state index in [1.165, 1.54) is 44.9 Å². The van der Waals surface area contributed by atoms with Crippen LogP contribution in [0.2, 0.25) is 0 Å². The van der Waals surface area contributed by atoms with Crippen LogP contribution >= 0.6 is 0 Å². The van der Waals surface area contributed by atoms with E-state index in [-0.39, 0.29) is 0 Å². The number of unbranched alkanes of at least 4 members (excludes halogenated alkanes) is 7. The molecule has 0 saturated carbocycles. The summed E-state index contributed by atoms with van der Waals surface area (Å²) in [4.78, 5) is 11.7. The normalized spacial score (nSPS) is 10.7. The van der Waals surface area contributed by atoms with Gasteiger partial charge in [-0.25, -0.2) is 0 Å². The number of nitrogens with zero attached hydrogens (tertiary/aromatic N) is 1. The van der Waals surface area contributed by atoms with Crippen LogP contribution in [0.25, 0.3) is 0 Å². The predicted molar refractivity (Wildman–Crippen MR) is 76.7 cm³/mol. The standard InChI is InChI=1S/C16H27NO/c1-2-3-4-5-6-7-8-9-12-16(18)15-17-13-10-11-14-17/h10-11,13-14H,2-9,12,15H2,1H3. The molecule has 1 aromatic heterocycles. The van der Waals surface area contributed by atoms with Crippen LogP contribution < -0.4 is 0 Å². The molecule has 0 aliphatic carbocycles. The molecule has 0 aliphatic heterocycles. The molecule has 2 heteroatoms. The van der Waals surface area contributed by atoms with Gasteiger partial charge < -0.3 is 4.57 Å². The monoisotopic (exact) mass is 249 g/mol. The molecule has 0 fully saturated rings. The van der Waals surface area contributed by atoms with Crippen molar-refractivity contribution in [3.8, 4) is 0 Å². The Morgan fingerprint density at radius 2 is 1.44 bits per heavy atom. The predicted octanol–water partition coefficient (Wildman–Crippen LogP) is 4.59. The Labute approximate surface area is 111 Å². The van der Waals surface area contributed by atoms with E-state index in [0.29, 0.717) is 12.3 Å². The molecule has 0 N–H and O–H groups in total. The van der Waals surface area contributed by atoms with Crippen LogP contribution in [0.4, 0.5) is 0 Å². The SMILES string of the molecule is CCCCCCCCCCC(=O)Cn1cccc1. The minimum absolute atomic E-state index is 0.359. The van der Waals surface area contributed by atoms with Gasteiger partial charge in [0.1, 0.15) is 0 Å². The zero-order valence-electron chi connectivity index (χ0n) is 11.7. The van der Waals surface area contributed by atoms with E-state index in [9.17, 15) is 4.79 Å². The van der Waals surface area contributed by atoms with Crippen molar-refractivity contribution in [1.82, 2.24) is 4.57 Å². The molecule has 0 unspecified atom stereocenters. The largest absolute Gasteiger partial charge is 0.347 e. The summed E-state index contributed by atoms with van der Waals surface area (Å²) in [6.07, 6.45) is 15.0. The van der Waals surface area contributed by atoms with Crippen molar-refractivity contribution in [3.63, 3.8) is 0 Å². The summed E-state index contributed by atoms with van der Waals surface area (Å²) in [5, 5.41) is 0. The molecule has 18 heavy (non-hydrogen) atoms. The van der Waals surface area contributed by atoms with Crippen molar-refractivity contribution in [3.05, 3.63) is 24.5 Å². The number of carbonyl (C=O) groups is 1. The second kappa shape index (κ2) is 9.93. The third-order valence-electron chi connectivity index (χ3n) is 3.33. The van der Waals surface area contributed by atoms with Gasteiger partial charge >= 0.3 is 0 Å². The van der Waals surface area contributed by atoms with Gasteiger partial charge in [-0.15, -0.1) is 0 Å². The Hall–Kier alpha value is -1.05. The number of carbonyl (C=O) groups excluding carboxylic acids is 1. The van der Waals surface area contributed by atoms with E-state index >= 15 is 0 Å². The number of hydrogen-bond acceptors (Lipinski definition) is 1. The molecule has 2 nitrogen and oxygen atoms in total. The lowest BCUT2D eigenvalue weighted by Gasteiger charge is -2.03. The minimum Gasteiger partial charge on any atom is -0.347 e. The molecule has 0 bridgehead atoms. The lowest BCUT2D eigenvalue weighted by Crippen LogP contribution is -2.07. The van der Waals surface area contributed by atoms with Crippen LogP contribution in [0.3, 0.4) is 0 Å². The average Bonchev–Trinajstić information content (AvgIpc) is 2.85. The smallest absolute Gasteiger partial charge is 0.152 e. The molecule has 1 aromatic rings. The Kier molecular flexibility index (Phi) is 8.28. The van der Waals surface area contributed by atoms with Crippen LogP contribution in [-0.4, -0.2) is 10.4 Å². The van der Waals surface area contributed by atoms with Gasteiger partial charge in [-0.3, -0.25) is 4.79 Å². The van der Waals surface area contributed by atoms with Gasteiger partial charge in [-0.1, -0.05) is 51.9 Å². The van der Waals surface area contributed by atoms with E-state index in [4.69, 9.17) is 0 Å². The number of Topliss-reactive ketones (excluding diaryl/α,β-unsaturated/α-hetero) is 1. The molecular formula is C16H27NO. The number of hydrogen-bond donors (Lipinski definition) is 0. The first-order valence-corrected chi connectivity index (χ1v) is 7.45. The third kappa shape index (κ3) is 7.31. The summed E-state index contributed by atoms with van der Waals surface area (Å²) in [6.45, 7) is 2.79. The highest BCUT2D eigenvalue weighted by molar-refractivity contribution is 5.78. The van der Waals surface area contributed by atoms with E-state index in [2.05, 4.69) is 6.92 Å². The molecule has 0 atom stereocenters. The summed E-state index contributed by atoms with van der Waals surface area (Å²) in [5.74, 6) is 0.359. The zero-order chi connectivity index (χ0) is 13.1. The Bertz CT molecular complexity index is 303. The molecule has 0 aliphatic rings. The van der Waals surface area contributed by atoms with Crippen LogP contribution in [0, 0.1) is 0 Å². The fourth-order valence-electron chi connectivity index (χ4n) is 2.21. The van der Waals surface area contributed by atoms with Crippen molar-refractivity contribution in [2.24, 2.45) is 0 Å². The van der Waals surface area contributed by atoms with Gasteiger partial charge in [0.25, 0.3) is 0 Å². The van der Waals surface area contributed by atoms with Crippen molar-refractivity contribution >= 4 is 5.78 Å². The molecule has 1 heterocycles. The summed E-state index contributed by atoms with van der Waals surface area (Å²) in [7, 11) is 0. The average molecular weight is 249 g/mol. The second-order valence-electron chi connectivity index (χ2n) is 5.12. The molecule has 1 rings (SSSR count). The van der Waals surface area contributed by atoms with E-state index < -0.39 is 0 Å². The van der Waals surface area contributed by atoms with Crippen LogP contribution in [-0.2, 0) is 11.3 Å². The quantitative estimate of drug-likeness (QED) is 0.526. The van der Waals surface area contributed by atoms with Crippen molar-refractivity contribution < 1.29 is 4.79 Å². The summed E-state index contributed by atoms with van der Waals surface area (Å²) in [5.41, 5.74) is 0.